The standard InChI is InChI=1S/C10H18N2O2S/c1-8-6-12(2-3-15-8)10(13)7-14-9-4-11-5-9/h8-9,11H,2-7H2,1H3. The third kappa shape index (κ3) is 3.09. The van der Waals surface area contributed by atoms with Crippen LogP contribution in [-0.4, -0.2) is 60.7 Å². The van der Waals surface area contributed by atoms with Gasteiger partial charge in [0.1, 0.15) is 6.61 Å². The molecule has 0 aromatic rings. The number of rotatable bonds is 3. The van der Waals surface area contributed by atoms with Crippen LogP contribution in [0.1, 0.15) is 6.92 Å². The Morgan fingerprint density at radius 1 is 1.60 bits per heavy atom. The average molecular weight is 230 g/mol. The molecule has 1 amide bonds. The summed E-state index contributed by atoms with van der Waals surface area (Å²) in [4.78, 5) is 13.7. The number of carbonyl (C=O) groups excluding carboxylic acids is 1. The van der Waals surface area contributed by atoms with Crippen molar-refractivity contribution in [2.24, 2.45) is 0 Å². The zero-order chi connectivity index (χ0) is 10.7. The summed E-state index contributed by atoms with van der Waals surface area (Å²) < 4.78 is 5.47. The van der Waals surface area contributed by atoms with Gasteiger partial charge >= 0.3 is 0 Å². The minimum absolute atomic E-state index is 0.147. The quantitative estimate of drug-likeness (QED) is 0.737. The fourth-order valence-corrected chi connectivity index (χ4v) is 2.72. The van der Waals surface area contributed by atoms with Gasteiger partial charge in [-0.25, -0.2) is 0 Å². The third-order valence-electron chi connectivity index (χ3n) is 2.78. The molecule has 5 heteroatoms. The highest BCUT2D eigenvalue weighted by Crippen LogP contribution is 2.17. The van der Waals surface area contributed by atoms with Crippen molar-refractivity contribution in [3.63, 3.8) is 0 Å². The van der Waals surface area contributed by atoms with Crippen molar-refractivity contribution in [1.29, 1.82) is 0 Å². The Labute approximate surface area is 94.7 Å². The number of hydrogen-bond donors (Lipinski definition) is 1. The molecular weight excluding hydrogens is 212 g/mol. The van der Waals surface area contributed by atoms with Crippen molar-refractivity contribution in [1.82, 2.24) is 10.2 Å². The summed E-state index contributed by atoms with van der Waals surface area (Å²) in [5.41, 5.74) is 0. The van der Waals surface area contributed by atoms with E-state index in [0.29, 0.717) is 5.25 Å². The van der Waals surface area contributed by atoms with E-state index in [9.17, 15) is 4.79 Å². The number of carbonyl (C=O) groups is 1. The number of amides is 1. The lowest BCUT2D eigenvalue weighted by atomic mass is 10.2. The molecule has 1 atom stereocenters. The Kier molecular flexibility index (Phi) is 3.88. The van der Waals surface area contributed by atoms with Gasteiger partial charge in [-0.15, -0.1) is 0 Å². The van der Waals surface area contributed by atoms with Gasteiger partial charge < -0.3 is 15.0 Å². The van der Waals surface area contributed by atoms with Crippen LogP contribution in [0.4, 0.5) is 0 Å². The number of ether oxygens (including phenoxy) is 1. The van der Waals surface area contributed by atoms with E-state index >= 15 is 0 Å². The first kappa shape index (κ1) is 11.2. The van der Waals surface area contributed by atoms with Crippen LogP contribution in [0.5, 0.6) is 0 Å². The van der Waals surface area contributed by atoms with Crippen LogP contribution < -0.4 is 5.32 Å². The van der Waals surface area contributed by atoms with E-state index in [4.69, 9.17) is 4.74 Å². The summed E-state index contributed by atoms with van der Waals surface area (Å²) in [5.74, 6) is 1.20. The molecule has 1 N–H and O–H groups in total. The minimum Gasteiger partial charge on any atom is -0.366 e. The van der Waals surface area contributed by atoms with Gasteiger partial charge in [0.2, 0.25) is 5.91 Å². The first-order chi connectivity index (χ1) is 7.25. The molecule has 4 nitrogen and oxygen atoms in total. The lowest BCUT2D eigenvalue weighted by Gasteiger charge is -2.32. The fourth-order valence-electron chi connectivity index (χ4n) is 1.71. The normalized spacial score (nSPS) is 27.5. The van der Waals surface area contributed by atoms with Crippen LogP contribution in [0.15, 0.2) is 0 Å². The number of nitrogens with zero attached hydrogens (tertiary/aromatic N) is 1. The molecule has 2 heterocycles. The van der Waals surface area contributed by atoms with Gasteiger partial charge in [-0.3, -0.25) is 4.79 Å². The molecule has 0 bridgehead atoms. The molecule has 0 aromatic heterocycles. The van der Waals surface area contributed by atoms with Crippen molar-refractivity contribution >= 4 is 17.7 Å². The molecule has 0 aromatic carbocycles. The Balaban J connectivity index is 1.69. The van der Waals surface area contributed by atoms with Crippen LogP contribution in [-0.2, 0) is 9.53 Å². The van der Waals surface area contributed by atoms with Crippen molar-refractivity contribution in [3.05, 3.63) is 0 Å². The molecule has 2 aliphatic rings. The lowest BCUT2D eigenvalue weighted by Crippen LogP contribution is -2.50. The van der Waals surface area contributed by atoms with Crippen molar-refractivity contribution in [2.75, 3.05) is 38.5 Å². The van der Waals surface area contributed by atoms with E-state index < -0.39 is 0 Å². The van der Waals surface area contributed by atoms with E-state index in [-0.39, 0.29) is 18.6 Å². The summed E-state index contributed by atoms with van der Waals surface area (Å²) in [5, 5.41) is 3.68. The Morgan fingerprint density at radius 3 is 3.00 bits per heavy atom. The summed E-state index contributed by atoms with van der Waals surface area (Å²) in [6.07, 6.45) is 0.255. The molecule has 2 aliphatic heterocycles. The highest BCUT2D eigenvalue weighted by Gasteiger charge is 2.23. The maximum Gasteiger partial charge on any atom is 0.248 e. The number of thioether (sulfide) groups is 1. The Morgan fingerprint density at radius 2 is 2.40 bits per heavy atom. The highest BCUT2D eigenvalue weighted by molar-refractivity contribution is 7.99. The summed E-state index contributed by atoms with van der Waals surface area (Å²) in [6.45, 7) is 5.94. The largest absolute Gasteiger partial charge is 0.366 e. The van der Waals surface area contributed by atoms with Gasteiger partial charge in [-0.1, -0.05) is 6.92 Å². The molecule has 0 aliphatic carbocycles. The second kappa shape index (κ2) is 5.18. The predicted molar refractivity (Wildman–Crippen MR) is 61.1 cm³/mol. The smallest absolute Gasteiger partial charge is 0.248 e. The summed E-state index contributed by atoms with van der Waals surface area (Å²) in [6, 6.07) is 0. The zero-order valence-corrected chi connectivity index (χ0v) is 9.89. The van der Waals surface area contributed by atoms with Gasteiger partial charge in [0.15, 0.2) is 0 Å². The summed E-state index contributed by atoms with van der Waals surface area (Å²) >= 11 is 1.93. The van der Waals surface area contributed by atoms with E-state index in [0.717, 1.165) is 31.9 Å². The number of hydrogen-bond acceptors (Lipinski definition) is 4. The lowest BCUT2D eigenvalue weighted by molar-refractivity contribution is -0.139. The molecule has 2 rings (SSSR count). The average Bonchev–Trinajstić information content (AvgIpc) is 2.15. The second-order valence-electron chi connectivity index (χ2n) is 4.11. The first-order valence-corrected chi connectivity index (χ1v) is 6.52. The monoisotopic (exact) mass is 230 g/mol. The van der Waals surface area contributed by atoms with Gasteiger partial charge in [0.05, 0.1) is 6.10 Å². The predicted octanol–water partition coefficient (Wildman–Crippen LogP) is -0.0613. The van der Waals surface area contributed by atoms with Gasteiger partial charge in [0.25, 0.3) is 0 Å². The molecule has 0 radical (unpaired) electrons. The van der Waals surface area contributed by atoms with E-state index in [1.165, 1.54) is 0 Å². The first-order valence-electron chi connectivity index (χ1n) is 5.47. The van der Waals surface area contributed by atoms with E-state index in [1.54, 1.807) is 0 Å². The van der Waals surface area contributed by atoms with Crippen LogP contribution in [0.2, 0.25) is 0 Å². The Hall–Kier alpha value is -0.260. The molecular formula is C10H18N2O2S. The number of nitrogens with one attached hydrogen (secondary N) is 1. The SMILES string of the molecule is CC1CN(C(=O)COC2CNC2)CCS1. The fraction of sp³-hybridized carbons (Fsp3) is 0.900. The van der Waals surface area contributed by atoms with E-state index in [1.807, 2.05) is 16.7 Å². The molecule has 1 unspecified atom stereocenters. The maximum atomic E-state index is 11.8. The summed E-state index contributed by atoms with van der Waals surface area (Å²) in [7, 11) is 0. The van der Waals surface area contributed by atoms with Crippen molar-refractivity contribution in [3.8, 4) is 0 Å². The third-order valence-corrected chi connectivity index (χ3v) is 3.92. The maximum absolute atomic E-state index is 11.8. The van der Waals surface area contributed by atoms with Crippen LogP contribution in [0.25, 0.3) is 0 Å². The molecule has 2 fully saturated rings. The Bertz CT molecular complexity index is 233. The van der Waals surface area contributed by atoms with Gasteiger partial charge in [0, 0.05) is 37.2 Å². The molecule has 15 heavy (non-hydrogen) atoms. The molecule has 0 saturated carbocycles. The van der Waals surface area contributed by atoms with Crippen molar-refractivity contribution < 1.29 is 9.53 Å². The zero-order valence-electron chi connectivity index (χ0n) is 9.07. The topological polar surface area (TPSA) is 41.6 Å². The molecule has 86 valence electrons. The van der Waals surface area contributed by atoms with Crippen LogP contribution in [0, 0.1) is 0 Å². The van der Waals surface area contributed by atoms with Crippen LogP contribution >= 0.6 is 11.8 Å². The molecule has 0 spiro atoms. The van der Waals surface area contributed by atoms with Crippen LogP contribution in [0.3, 0.4) is 0 Å². The van der Waals surface area contributed by atoms with Gasteiger partial charge in [-0.05, 0) is 0 Å². The van der Waals surface area contributed by atoms with E-state index in [2.05, 4.69) is 12.2 Å². The second-order valence-corrected chi connectivity index (χ2v) is 5.66. The highest BCUT2D eigenvalue weighted by atomic mass is 32.2. The molecule has 2 saturated heterocycles. The van der Waals surface area contributed by atoms with Gasteiger partial charge in [-0.2, -0.15) is 11.8 Å². The van der Waals surface area contributed by atoms with Crippen molar-refractivity contribution in [2.45, 2.75) is 18.3 Å². The minimum atomic E-state index is 0.147.